The van der Waals surface area contributed by atoms with Crippen molar-refractivity contribution in [3.05, 3.63) is 58.2 Å². The fourth-order valence-corrected chi connectivity index (χ4v) is 2.01. The third-order valence-corrected chi connectivity index (χ3v) is 3.20. The van der Waals surface area contributed by atoms with E-state index in [9.17, 15) is 4.39 Å². The number of hydrogen-bond donors (Lipinski definition) is 1. The van der Waals surface area contributed by atoms with Crippen LogP contribution < -0.4 is 5.32 Å². The second-order valence-corrected chi connectivity index (χ2v) is 4.58. The molecule has 2 nitrogen and oxygen atoms in total. The SMILES string of the molecule is CCNC(c1ccoc1)c1ccc(Br)c(F)c1. The molecule has 0 spiro atoms. The average Bonchev–Trinajstić information content (AvgIpc) is 2.83. The Morgan fingerprint density at radius 2 is 2.18 bits per heavy atom. The lowest BCUT2D eigenvalue weighted by atomic mass is 10.0. The standard InChI is InChI=1S/C13H13BrFNO/c1-2-16-13(10-5-6-17-8-10)9-3-4-11(14)12(15)7-9/h3-8,13,16H,2H2,1H3. The molecule has 1 aromatic carbocycles. The van der Waals surface area contributed by atoms with Crippen LogP contribution in [0.2, 0.25) is 0 Å². The Hall–Kier alpha value is -1.13. The number of rotatable bonds is 4. The van der Waals surface area contributed by atoms with Crippen molar-refractivity contribution >= 4 is 15.9 Å². The van der Waals surface area contributed by atoms with Crippen LogP contribution >= 0.6 is 15.9 Å². The van der Waals surface area contributed by atoms with E-state index in [0.717, 1.165) is 17.7 Å². The van der Waals surface area contributed by atoms with E-state index in [1.807, 2.05) is 19.1 Å². The van der Waals surface area contributed by atoms with E-state index in [1.54, 1.807) is 18.6 Å². The maximum Gasteiger partial charge on any atom is 0.137 e. The van der Waals surface area contributed by atoms with Crippen LogP contribution in [0.3, 0.4) is 0 Å². The minimum absolute atomic E-state index is 0.0404. The zero-order valence-electron chi connectivity index (χ0n) is 9.41. The van der Waals surface area contributed by atoms with Crippen LogP contribution in [0.25, 0.3) is 0 Å². The van der Waals surface area contributed by atoms with E-state index in [0.29, 0.717) is 4.47 Å². The van der Waals surface area contributed by atoms with Gasteiger partial charge in [-0.15, -0.1) is 0 Å². The van der Waals surface area contributed by atoms with E-state index in [4.69, 9.17) is 4.42 Å². The quantitative estimate of drug-likeness (QED) is 0.926. The topological polar surface area (TPSA) is 25.2 Å². The van der Waals surface area contributed by atoms with Gasteiger partial charge in [0.05, 0.1) is 23.0 Å². The molecule has 1 aromatic heterocycles. The molecule has 4 heteroatoms. The van der Waals surface area contributed by atoms with Gasteiger partial charge in [0.15, 0.2) is 0 Å². The molecule has 2 rings (SSSR count). The molecule has 0 aliphatic carbocycles. The lowest BCUT2D eigenvalue weighted by Gasteiger charge is -2.17. The van der Waals surface area contributed by atoms with Gasteiger partial charge in [0, 0.05) is 5.56 Å². The zero-order chi connectivity index (χ0) is 12.3. The molecule has 0 saturated heterocycles. The molecular formula is C13H13BrFNO. The van der Waals surface area contributed by atoms with Crippen molar-refractivity contribution in [3.8, 4) is 0 Å². The maximum absolute atomic E-state index is 13.5. The second-order valence-electron chi connectivity index (χ2n) is 3.72. The summed E-state index contributed by atoms with van der Waals surface area (Å²) >= 11 is 3.15. The predicted octanol–water partition coefficient (Wildman–Crippen LogP) is 3.88. The van der Waals surface area contributed by atoms with Crippen molar-refractivity contribution in [1.29, 1.82) is 0 Å². The van der Waals surface area contributed by atoms with Crippen molar-refractivity contribution in [2.24, 2.45) is 0 Å². The monoisotopic (exact) mass is 297 g/mol. The zero-order valence-corrected chi connectivity index (χ0v) is 11.0. The van der Waals surface area contributed by atoms with Crippen LogP contribution in [-0.4, -0.2) is 6.54 Å². The molecule has 2 aromatic rings. The summed E-state index contributed by atoms with van der Waals surface area (Å²) in [6.07, 6.45) is 3.29. The molecule has 0 radical (unpaired) electrons. The second kappa shape index (κ2) is 5.47. The van der Waals surface area contributed by atoms with Crippen molar-refractivity contribution < 1.29 is 8.81 Å². The lowest BCUT2D eigenvalue weighted by Crippen LogP contribution is -2.21. The molecule has 17 heavy (non-hydrogen) atoms. The summed E-state index contributed by atoms with van der Waals surface area (Å²) in [4.78, 5) is 0. The lowest BCUT2D eigenvalue weighted by molar-refractivity contribution is 0.551. The van der Waals surface area contributed by atoms with Gasteiger partial charge in [0.25, 0.3) is 0 Å². The van der Waals surface area contributed by atoms with Crippen molar-refractivity contribution in [2.45, 2.75) is 13.0 Å². The van der Waals surface area contributed by atoms with Crippen LogP contribution in [0.4, 0.5) is 4.39 Å². The fraction of sp³-hybridized carbons (Fsp3) is 0.231. The molecule has 0 amide bonds. The van der Waals surface area contributed by atoms with Gasteiger partial charge in [0.1, 0.15) is 5.82 Å². The Balaban J connectivity index is 2.35. The largest absolute Gasteiger partial charge is 0.472 e. The molecule has 0 aliphatic heterocycles. The average molecular weight is 298 g/mol. The fourth-order valence-electron chi connectivity index (χ4n) is 1.76. The van der Waals surface area contributed by atoms with Gasteiger partial charge in [0.2, 0.25) is 0 Å². The first-order valence-electron chi connectivity index (χ1n) is 5.42. The summed E-state index contributed by atoms with van der Waals surface area (Å²) in [7, 11) is 0. The van der Waals surface area contributed by atoms with Crippen LogP contribution in [0.15, 0.2) is 45.7 Å². The number of hydrogen-bond acceptors (Lipinski definition) is 2. The summed E-state index contributed by atoms with van der Waals surface area (Å²) in [5.74, 6) is -0.256. The summed E-state index contributed by atoms with van der Waals surface area (Å²) in [5.41, 5.74) is 1.88. The van der Waals surface area contributed by atoms with Gasteiger partial charge in [-0.3, -0.25) is 0 Å². The molecule has 0 fully saturated rings. The van der Waals surface area contributed by atoms with Crippen LogP contribution in [-0.2, 0) is 0 Å². The number of halogens is 2. The maximum atomic E-state index is 13.5. The van der Waals surface area contributed by atoms with Crippen LogP contribution in [0.5, 0.6) is 0 Å². The smallest absolute Gasteiger partial charge is 0.137 e. The molecule has 1 unspecified atom stereocenters. The van der Waals surface area contributed by atoms with Gasteiger partial charge in [-0.1, -0.05) is 13.0 Å². The first-order chi connectivity index (χ1) is 8.22. The van der Waals surface area contributed by atoms with E-state index < -0.39 is 0 Å². The minimum atomic E-state index is -0.256. The molecule has 1 atom stereocenters. The highest BCUT2D eigenvalue weighted by Gasteiger charge is 2.15. The third kappa shape index (κ3) is 2.76. The van der Waals surface area contributed by atoms with Gasteiger partial charge in [-0.2, -0.15) is 0 Å². The Morgan fingerprint density at radius 1 is 1.35 bits per heavy atom. The van der Waals surface area contributed by atoms with Gasteiger partial charge >= 0.3 is 0 Å². The summed E-state index contributed by atoms with van der Waals surface area (Å²) < 4.78 is 19.1. The molecule has 0 saturated carbocycles. The number of benzene rings is 1. The van der Waals surface area contributed by atoms with Crippen LogP contribution in [0, 0.1) is 5.82 Å². The van der Waals surface area contributed by atoms with E-state index in [1.165, 1.54) is 6.07 Å². The van der Waals surface area contributed by atoms with E-state index >= 15 is 0 Å². The first kappa shape index (κ1) is 12.3. The third-order valence-electron chi connectivity index (χ3n) is 2.56. The summed E-state index contributed by atoms with van der Waals surface area (Å²) in [5, 5.41) is 3.31. The number of furan rings is 1. The van der Waals surface area contributed by atoms with Gasteiger partial charge in [-0.25, -0.2) is 4.39 Å². The van der Waals surface area contributed by atoms with E-state index in [2.05, 4.69) is 21.2 Å². The molecule has 90 valence electrons. The molecular weight excluding hydrogens is 285 g/mol. The minimum Gasteiger partial charge on any atom is -0.472 e. The Labute approximate surface area is 108 Å². The highest BCUT2D eigenvalue weighted by atomic mass is 79.9. The Kier molecular flexibility index (Phi) is 3.97. The molecule has 1 N–H and O–H groups in total. The summed E-state index contributed by atoms with van der Waals surface area (Å²) in [6, 6.07) is 6.99. The summed E-state index contributed by atoms with van der Waals surface area (Å²) in [6.45, 7) is 2.82. The van der Waals surface area contributed by atoms with Gasteiger partial charge in [-0.05, 0) is 46.2 Å². The highest BCUT2D eigenvalue weighted by Crippen LogP contribution is 2.25. The van der Waals surface area contributed by atoms with Crippen molar-refractivity contribution in [3.63, 3.8) is 0 Å². The Morgan fingerprint density at radius 3 is 2.76 bits per heavy atom. The number of nitrogens with one attached hydrogen (secondary N) is 1. The van der Waals surface area contributed by atoms with Crippen molar-refractivity contribution in [2.75, 3.05) is 6.54 Å². The highest BCUT2D eigenvalue weighted by molar-refractivity contribution is 9.10. The van der Waals surface area contributed by atoms with Crippen molar-refractivity contribution in [1.82, 2.24) is 5.32 Å². The molecule has 1 heterocycles. The van der Waals surface area contributed by atoms with E-state index in [-0.39, 0.29) is 11.9 Å². The molecule has 0 aliphatic rings. The van der Waals surface area contributed by atoms with Crippen LogP contribution in [0.1, 0.15) is 24.1 Å². The van der Waals surface area contributed by atoms with Gasteiger partial charge < -0.3 is 9.73 Å². The Bertz CT molecular complexity index is 484. The molecule has 0 bridgehead atoms. The first-order valence-corrected chi connectivity index (χ1v) is 6.22. The predicted molar refractivity (Wildman–Crippen MR) is 68.3 cm³/mol. The normalized spacial score (nSPS) is 12.6.